The lowest BCUT2D eigenvalue weighted by molar-refractivity contribution is -0.131. The molecule has 0 heterocycles. The zero-order valence-corrected chi connectivity index (χ0v) is 13.5. The van der Waals surface area contributed by atoms with Crippen LogP contribution in [0.1, 0.15) is 29.9 Å². The van der Waals surface area contributed by atoms with Crippen molar-refractivity contribution in [1.29, 1.82) is 0 Å². The van der Waals surface area contributed by atoms with Crippen LogP contribution in [0.3, 0.4) is 0 Å². The largest absolute Gasteiger partial charge is 0.330 e. The third-order valence-corrected chi connectivity index (χ3v) is 3.83. The smallest absolute Gasteiger partial charge is 0.243 e. The van der Waals surface area contributed by atoms with E-state index in [1.54, 1.807) is 0 Å². The molecule has 0 aliphatic carbocycles. The monoisotopic (exact) mass is 325 g/mol. The molecule has 1 unspecified atom stereocenters. The second-order valence-corrected chi connectivity index (χ2v) is 5.65. The highest BCUT2D eigenvalue weighted by molar-refractivity contribution is 6.01. The third kappa shape index (κ3) is 4.75. The second-order valence-electron chi connectivity index (χ2n) is 5.65. The SMILES string of the molecule is NCCCC(N)C(=O)NC(=O)C(c1ccccc1)c1ccccc1. The first kappa shape index (κ1) is 17.8. The van der Waals surface area contributed by atoms with Crippen molar-refractivity contribution in [1.82, 2.24) is 5.32 Å². The second kappa shape index (κ2) is 8.96. The van der Waals surface area contributed by atoms with Crippen LogP contribution in [0, 0.1) is 0 Å². The minimum Gasteiger partial charge on any atom is -0.330 e. The van der Waals surface area contributed by atoms with Crippen LogP contribution in [0.5, 0.6) is 0 Å². The van der Waals surface area contributed by atoms with Crippen LogP contribution in [0.4, 0.5) is 0 Å². The van der Waals surface area contributed by atoms with E-state index >= 15 is 0 Å². The highest BCUT2D eigenvalue weighted by Gasteiger charge is 2.25. The number of imide groups is 1. The van der Waals surface area contributed by atoms with Gasteiger partial charge >= 0.3 is 0 Å². The molecule has 0 fully saturated rings. The summed E-state index contributed by atoms with van der Waals surface area (Å²) < 4.78 is 0. The van der Waals surface area contributed by atoms with Gasteiger partial charge in [0.15, 0.2) is 0 Å². The van der Waals surface area contributed by atoms with Gasteiger partial charge < -0.3 is 11.5 Å². The molecule has 5 nitrogen and oxygen atoms in total. The van der Waals surface area contributed by atoms with Gasteiger partial charge in [0.1, 0.15) is 0 Å². The van der Waals surface area contributed by atoms with E-state index in [1.807, 2.05) is 60.7 Å². The van der Waals surface area contributed by atoms with E-state index in [2.05, 4.69) is 5.32 Å². The van der Waals surface area contributed by atoms with E-state index in [0.717, 1.165) is 11.1 Å². The Kier molecular flexibility index (Phi) is 6.66. The van der Waals surface area contributed by atoms with E-state index in [-0.39, 0.29) is 5.91 Å². The fourth-order valence-corrected chi connectivity index (χ4v) is 2.54. The molecule has 0 aromatic heterocycles. The zero-order valence-electron chi connectivity index (χ0n) is 13.5. The van der Waals surface area contributed by atoms with Crippen molar-refractivity contribution in [2.45, 2.75) is 24.8 Å². The van der Waals surface area contributed by atoms with Crippen molar-refractivity contribution in [3.63, 3.8) is 0 Å². The van der Waals surface area contributed by atoms with Gasteiger partial charge in [0.2, 0.25) is 11.8 Å². The summed E-state index contributed by atoms with van der Waals surface area (Å²) in [7, 11) is 0. The van der Waals surface area contributed by atoms with Crippen molar-refractivity contribution >= 4 is 11.8 Å². The van der Waals surface area contributed by atoms with Crippen LogP contribution in [-0.4, -0.2) is 24.4 Å². The molecule has 0 radical (unpaired) electrons. The summed E-state index contributed by atoms with van der Waals surface area (Å²) in [5.41, 5.74) is 12.9. The standard InChI is InChI=1S/C19H23N3O2/c20-13-7-12-16(21)18(23)22-19(24)17(14-8-3-1-4-9-14)15-10-5-2-6-11-15/h1-6,8-11,16-17H,7,12-13,20-21H2,(H,22,23,24). The lowest BCUT2D eigenvalue weighted by atomic mass is 9.90. The molecule has 2 aromatic rings. The predicted octanol–water partition coefficient (Wildman–Crippen LogP) is 1.53. The first-order valence-electron chi connectivity index (χ1n) is 8.03. The van der Waals surface area contributed by atoms with E-state index in [0.29, 0.717) is 19.4 Å². The Bertz CT molecular complexity index is 619. The first-order chi connectivity index (χ1) is 11.6. The van der Waals surface area contributed by atoms with Gasteiger partial charge in [-0.25, -0.2) is 0 Å². The maximum Gasteiger partial charge on any atom is 0.243 e. The number of nitrogens with two attached hydrogens (primary N) is 2. The lowest BCUT2D eigenvalue weighted by Gasteiger charge is -2.18. The molecule has 0 saturated heterocycles. The molecule has 126 valence electrons. The molecule has 1 atom stereocenters. The maximum absolute atomic E-state index is 12.7. The summed E-state index contributed by atoms with van der Waals surface area (Å²) in [5.74, 6) is -1.40. The Hall–Kier alpha value is -2.50. The summed E-state index contributed by atoms with van der Waals surface area (Å²) in [6.45, 7) is 0.464. The van der Waals surface area contributed by atoms with Gasteiger partial charge in [0.25, 0.3) is 0 Å². The summed E-state index contributed by atoms with van der Waals surface area (Å²) >= 11 is 0. The average molecular weight is 325 g/mol. The highest BCUT2D eigenvalue weighted by atomic mass is 16.2. The van der Waals surface area contributed by atoms with Crippen LogP contribution in [0.2, 0.25) is 0 Å². The summed E-state index contributed by atoms with van der Waals surface area (Å²) in [6.07, 6.45) is 1.10. The average Bonchev–Trinajstić information content (AvgIpc) is 2.61. The topological polar surface area (TPSA) is 98.2 Å². The quantitative estimate of drug-likeness (QED) is 0.719. The molecule has 0 saturated carbocycles. The fourth-order valence-electron chi connectivity index (χ4n) is 2.54. The number of hydrogen-bond acceptors (Lipinski definition) is 4. The predicted molar refractivity (Wildman–Crippen MR) is 94.1 cm³/mol. The normalized spacial score (nSPS) is 12.0. The maximum atomic E-state index is 12.7. The van der Waals surface area contributed by atoms with E-state index < -0.39 is 17.9 Å². The van der Waals surface area contributed by atoms with Crippen molar-refractivity contribution < 1.29 is 9.59 Å². The summed E-state index contributed by atoms with van der Waals surface area (Å²) in [5, 5.41) is 2.44. The number of carbonyl (C=O) groups excluding carboxylic acids is 2. The van der Waals surface area contributed by atoms with Gasteiger partial charge in [0.05, 0.1) is 12.0 Å². The van der Waals surface area contributed by atoms with Gasteiger partial charge in [-0.15, -0.1) is 0 Å². The first-order valence-corrected chi connectivity index (χ1v) is 8.03. The van der Waals surface area contributed by atoms with Crippen LogP contribution >= 0.6 is 0 Å². The van der Waals surface area contributed by atoms with Gasteiger partial charge in [0, 0.05) is 0 Å². The molecule has 0 aliphatic heterocycles. The summed E-state index contributed by atoms with van der Waals surface area (Å²) in [6, 6.07) is 18.0. The van der Waals surface area contributed by atoms with Crippen LogP contribution in [0.15, 0.2) is 60.7 Å². The number of carbonyl (C=O) groups is 2. The zero-order chi connectivity index (χ0) is 17.4. The lowest BCUT2D eigenvalue weighted by Crippen LogP contribution is -2.45. The van der Waals surface area contributed by atoms with Crippen molar-refractivity contribution in [3.8, 4) is 0 Å². The van der Waals surface area contributed by atoms with Gasteiger partial charge in [-0.1, -0.05) is 60.7 Å². The molecule has 2 aromatic carbocycles. The molecular weight excluding hydrogens is 302 g/mol. The van der Waals surface area contributed by atoms with Gasteiger partial charge in [-0.3, -0.25) is 14.9 Å². The number of benzene rings is 2. The number of hydrogen-bond donors (Lipinski definition) is 3. The molecule has 2 rings (SSSR count). The molecule has 0 spiro atoms. The minimum absolute atomic E-state index is 0.374. The molecule has 5 N–H and O–H groups in total. The number of amides is 2. The minimum atomic E-state index is -0.732. The van der Waals surface area contributed by atoms with Gasteiger partial charge in [-0.2, -0.15) is 0 Å². The van der Waals surface area contributed by atoms with Crippen molar-refractivity contribution in [2.75, 3.05) is 6.54 Å². The Balaban J connectivity index is 2.19. The highest BCUT2D eigenvalue weighted by Crippen LogP contribution is 2.24. The Morgan fingerprint density at radius 3 is 1.83 bits per heavy atom. The molecule has 24 heavy (non-hydrogen) atoms. The number of rotatable bonds is 7. The van der Waals surface area contributed by atoms with Crippen molar-refractivity contribution in [3.05, 3.63) is 71.8 Å². The van der Waals surface area contributed by atoms with Crippen molar-refractivity contribution in [2.24, 2.45) is 11.5 Å². The molecule has 0 bridgehead atoms. The number of nitrogens with one attached hydrogen (secondary N) is 1. The Labute approximate surface area is 142 Å². The van der Waals surface area contributed by atoms with E-state index in [4.69, 9.17) is 11.5 Å². The van der Waals surface area contributed by atoms with Gasteiger partial charge in [-0.05, 0) is 30.5 Å². The third-order valence-electron chi connectivity index (χ3n) is 3.83. The van der Waals surface area contributed by atoms with E-state index in [1.165, 1.54) is 0 Å². The van der Waals surface area contributed by atoms with Crippen LogP contribution in [-0.2, 0) is 9.59 Å². The van der Waals surface area contributed by atoms with E-state index in [9.17, 15) is 9.59 Å². The van der Waals surface area contributed by atoms with Crippen LogP contribution < -0.4 is 16.8 Å². The Morgan fingerprint density at radius 1 is 0.875 bits per heavy atom. The molecule has 5 heteroatoms. The Morgan fingerprint density at radius 2 is 1.38 bits per heavy atom. The molecule has 2 amide bonds. The van der Waals surface area contributed by atoms with Crippen LogP contribution in [0.25, 0.3) is 0 Å². The molecule has 0 aliphatic rings. The summed E-state index contributed by atoms with van der Waals surface area (Å²) in [4.78, 5) is 24.8. The molecular formula is C19H23N3O2. The fraction of sp³-hybridized carbons (Fsp3) is 0.263.